The monoisotopic (exact) mass is 197 g/mol. The first-order valence-corrected chi connectivity index (χ1v) is 5.00. The standard InChI is InChI=1S/C9H15N3O2/c13-7-8-5-12(11-10-8)6-9-3-1-2-4-14-9/h5,9,13H,1-4,6-7H2. The molecule has 1 aromatic heterocycles. The van der Waals surface area contributed by atoms with Crippen molar-refractivity contribution in [2.75, 3.05) is 6.61 Å². The molecule has 0 radical (unpaired) electrons. The van der Waals surface area contributed by atoms with Crippen molar-refractivity contribution in [1.29, 1.82) is 0 Å². The summed E-state index contributed by atoms with van der Waals surface area (Å²) in [6.45, 7) is 1.55. The van der Waals surface area contributed by atoms with Crippen LogP contribution in [0.5, 0.6) is 0 Å². The topological polar surface area (TPSA) is 60.2 Å². The summed E-state index contributed by atoms with van der Waals surface area (Å²) in [6, 6.07) is 0. The third-order valence-corrected chi connectivity index (χ3v) is 2.41. The molecule has 1 aromatic rings. The van der Waals surface area contributed by atoms with Crippen molar-refractivity contribution in [3.8, 4) is 0 Å². The average Bonchev–Trinajstić information content (AvgIpc) is 2.67. The molecule has 2 heterocycles. The number of aromatic nitrogens is 3. The van der Waals surface area contributed by atoms with E-state index in [1.54, 1.807) is 10.9 Å². The van der Waals surface area contributed by atoms with Crippen LogP contribution < -0.4 is 0 Å². The molecule has 1 unspecified atom stereocenters. The number of nitrogens with zero attached hydrogens (tertiary/aromatic N) is 3. The van der Waals surface area contributed by atoms with Crippen LogP contribution in [-0.4, -0.2) is 32.8 Å². The van der Waals surface area contributed by atoms with Crippen LogP contribution in [0.15, 0.2) is 6.20 Å². The number of aliphatic hydroxyl groups excluding tert-OH is 1. The minimum atomic E-state index is -0.0501. The van der Waals surface area contributed by atoms with Gasteiger partial charge in [-0.3, -0.25) is 0 Å². The zero-order chi connectivity index (χ0) is 9.80. The lowest BCUT2D eigenvalue weighted by atomic mass is 10.1. The molecule has 0 aliphatic carbocycles. The fraction of sp³-hybridized carbons (Fsp3) is 0.778. The molecule has 0 bridgehead atoms. The molecule has 1 N–H and O–H groups in total. The van der Waals surface area contributed by atoms with Gasteiger partial charge < -0.3 is 9.84 Å². The second-order valence-corrected chi connectivity index (χ2v) is 3.58. The van der Waals surface area contributed by atoms with Gasteiger partial charge in [-0.15, -0.1) is 5.10 Å². The molecule has 0 amide bonds. The van der Waals surface area contributed by atoms with Gasteiger partial charge in [0.25, 0.3) is 0 Å². The Balaban J connectivity index is 1.89. The first kappa shape index (κ1) is 9.61. The van der Waals surface area contributed by atoms with E-state index in [1.807, 2.05) is 0 Å². The molecule has 5 heteroatoms. The maximum Gasteiger partial charge on any atom is 0.108 e. The maximum atomic E-state index is 8.81. The first-order valence-electron chi connectivity index (χ1n) is 5.00. The Hall–Kier alpha value is -0.940. The van der Waals surface area contributed by atoms with Gasteiger partial charge in [-0.25, -0.2) is 4.68 Å². The third kappa shape index (κ3) is 2.30. The zero-order valence-electron chi connectivity index (χ0n) is 8.09. The highest BCUT2D eigenvalue weighted by atomic mass is 16.5. The Morgan fingerprint density at radius 2 is 2.50 bits per heavy atom. The Bertz CT molecular complexity index is 281. The van der Waals surface area contributed by atoms with Crippen LogP contribution >= 0.6 is 0 Å². The molecule has 78 valence electrons. The summed E-state index contributed by atoms with van der Waals surface area (Å²) in [4.78, 5) is 0. The van der Waals surface area contributed by atoms with Gasteiger partial charge >= 0.3 is 0 Å². The smallest absolute Gasteiger partial charge is 0.108 e. The van der Waals surface area contributed by atoms with Crippen molar-refractivity contribution in [2.24, 2.45) is 0 Å². The maximum absolute atomic E-state index is 8.81. The van der Waals surface area contributed by atoms with E-state index in [0.717, 1.165) is 26.0 Å². The lowest BCUT2D eigenvalue weighted by Gasteiger charge is -2.21. The lowest BCUT2D eigenvalue weighted by molar-refractivity contribution is 0.00369. The van der Waals surface area contributed by atoms with E-state index in [2.05, 4.69) is 10.3 Å². The summed E-state index contributed by atoms with van der Waals surface area (Å²) in [7, 11) is 0. The summed E-state index contributed by atoms with van der Waals surface area (Å²) >= 11 is 0. The largest absolute Gasteiger partial charge is 0.390 e. The molecule has 1 atom stereocenters. The van der Waals surface area contributed by atoms with Crippen LogP contribution in [0.25, 0.3) is 0 Å². The summed E-state index contributed by atoms with van der Waals surface area (Å²) in [5.41, 5.74) is 0.612. The number of rotatable bonds is 3. The number of hydrogen-bond donors (Lipinski definition) is 1. The Morgan fingerprint density at radius 3 is 3.14 bits per heavy atom. The van der Waals surface area contributed by atoms with Crippen LogP contribution in [0.2, 0.25) is 0 Å². The van der Waals surface area contributed by atoms with Gasteiger partial charge in [-0.2, -0.15) is 0 Å². The number of ether oxygens (including phenoxy) is 1. The summed E-state index contributed by atoms with van der Waals surface area (Å²) < 4.78 is 7.31. The van der Waals surface area contributed by atoms with Crippen molar-refractivity contribution in [1.82, 2.24) is 15.0 Å². The average molecular weight is 197 g/mol. The highest BCUT2D eigenvalue weighted by molar-refractivity contribution is 4.89. The molecule has 1 aliphatic heterocycles. The number of hydrogen-bond acceptors (Lipinski definition) is 4. The zero-order valence-corrected chi connectivity index (χ0v) is 8.09. The minimum absolute atomic E-state index is 0.0501. The fourth-order valence-corrected chi connectivity index (χ4v) is 1.66. The van der Waals surface area contributed by atoms with E-state index in [1.165, 1.54) is 6.42 Å². The van der Waals surface area contributed by atoms with Crippen molar-refractivity contribution < 1.29 is 9.84 Å². The van der Waals surface area contributed by atoms with E-state index in [9.17, 15) is 0 Å². The molecule has 14 heavy (non-hydrogen) atoms. The molecule has 0 aromatic carbocycles. The highest BCUT2D eigenvalue weighted by Crippen LogP contribution is 2.13. The third-order valence-electron chi connectivity index (χ3n) is 2.41. The van der Waals surface area contributed by atoms with Crippen LogP contribution in [0.3, 0.4) is 0 Å². The predicted molar refractivity (Wildman–Crippen MR) is 49.5 cm³/mol. The molecular formula is C9H15N3O2. The fourth-order valence-electron chi connectivity index (χ4n) is 1.66. The van der Waals surface area contributed by atoms with Crippen LogP contribution in [0.4, 0.5) is 0 Å². The van der Waals surface area contributed by atoms with Crippen LogP contribution in [0, 0.1) is 0 Å². The van der Waals surface area contributed by atoms with E-state index >= 15 is 0 Å². The summed E-state index contributed by atoms with van der Waals surface area (Å²) in [5.74, 6) is 0. The van der Waals surface area contributed by atoms with Crippen molar-refractivity contribution in [3.63, 3.8) is 0 Å². The molecule has 2 rings (SSSR count). The molecule has 5 nitrogen and oxygen atoms in total. The van der Waals surface area contributed by atoms with E-state index in [0.29, 0.717) is 5.69 Å². The van der Waals surface area contributed by atoms with Crippen molar-refractivity contribution in [3.05, 3.63) is 11.9 Å². The van der Waals surface area contributed by atoms with Gasteiger partial charge in [0, 0.05) is 6.61 Å². The second kappa shape index (κ2) is 4.52. The molecular weight excluding hydrogens is 182 g/mol. The van der Waals surface area contributed by atoms with Gasteiger partial charge in [-0.05, 0) is 19.3 Å². The van der Waals surface area contributed by atoms with Crippen molar-refractivity contribution in [2.45, 2.75) is 38.5 Å². The normalized spacial score (nSPS) is 22.5. The summed E-state index contributed by atoms with van der Waals surface area (Å²) in [5, 5.41) is 16.5. The highest BCUT2D eigenvalue weighted by Gasteiger charge is 2.14. The Labute approximate surface area is 82.7 Å². The van der Waals surface area contributed by atoms with E-state index in [-0.39, 0.29) is 12.7 Å². The van der Waals surface area contributed by atoms with Crippen LogP contribution in [-0.2, 0) is 17.9 Å². The Morgan fingerprint density at radius 1 is 1.57 bits per heavy atom. The van der Waals surface area contributed by atoms with Gasteiger partial charge in [-0.1, -0.05) is 5.21 Å². The van der Waals surface area contributed by atoms with Crippen LogP contribution in [0.1, 0.15) is 25.0 Å². The molecule has 0 spiro atoms. The second-order valence-electron chi connectivity index (χ2n) is 3.58. The summed E-state index contributed by atoms with van der Waals surface area (Å²) in [6.07, 6.45) is 5.51. The lowest BCUT2D eigenvalue weighted by Crippen LogP contribution is -2.24. The molecule has 0 saturated carbocycles. The van der Waals surface area contributed by atoms with E-state index < -0.39 is 0 Å². The quantitative estimate of drug-likeness (QED) is 0.759. The Kier molecular flexibility index (Phi) is 3.10. The van der Waals surface area contributed by atoms with Gasteiger partial charge in [0.15, 0.2) is 0 Å². The molecule has 1 fully saturated rings. The predicted octanol–water partition coefficient (Wildman–Crippen LogP) is 0.339. The van der Waals surface area contributed by atoms with E-state index in [4.69, 9.17) is 9.84 Å². The van der Waals surface area contributed by atoms with Gasteiger partial charge in [0.05, 0.1) is 25.5 Å². The van der Waals surface area contributed by atoms with Gasteiger partial charge in [0.2, 0.25) is 0 Å². The molecule has 1 saturated heterocycles. The first-order chi connectivity index (χ1) is 6.88. The molecule has 1 aliphatic rings. The van der Waals surface area contributed by atoms with Gasteiger partial charge in [0.1, 0.15) is 5.69 Å². The SMILES string of the molecule is OCc1cn(CC2CCCCO2)nn1. The van der Waals surface area contributed by atoms with Crippen molar-refractivity contribution >= 4 is 0 Å². The number of aliphatic hydroxyl groups is 1. The minimum Gasteiger partial charge on any atom is -0.390 e.